The molecule has 0 spiro atoms. The summed E-state index contributed by atoms with van der Waals surface area (Å²) < 4.78 is 27.7. The van der Waals surface area contributed by atoms with E-state index >= 15 is 0 Å². The van der Waals surface area contributed by atoms with Crippen molar-refractivity contribution < 1.29 is 13.2 Å². The Kier molecular flexibility index (Phi) is 5.20. The molecule has 3 N–H and O–H groups in total. The molecule has 0 saturated carbocycles. The monoisotopic (exact) mass is 322 g/mol. The molecule has 20 heavy (non-hydrogen) atoms. The average molecular weight is 323 g/mol. The smallest absolute Gasteiger partial charge is 0.265 e. The van der Waals surface area contributed by atoms with Crippen molar-refractivity contribution in [1.29, 1.82) is 0 Å². The van der Waals surface area contributed by atoms with Crippen molar-refractivity contribution in [3.05, 3.63) is 18.0 Å². The number of aryl methyl sites for hydroxylation is 1. The molecule has 1 aliphatic rings. The predicted molar refractivity (Wildman–Crippen MR) is 77.4 cm³/mol. The van der Waals surface area contributed by atoms with Gasteiger partial charge in [-0.05, 0) is 19.5 Å². The first kappa shape index (κ1) is 17.0. The molecule has 1 fully saturated rings. The first-order chi connectivity index (χ1) is 8.86. The molecular weight excluding hydrogens is 304 g/mol. The van der Waals surface area contributed by atoms with E-state index < -0.39 is 15.9 Å². The number of nitrogens with one attached hydrogen (secondary N) is 1. The van der Waals surface area contributed by atoms with E-state index in [0.29, 0.717) is 13.1 Å². The van der Waals surface area contributed by atoms with Crippen LogP contribution in [0.4, 0.5) is 0 Å². The van der Waals surface area contributed by atoms with Crippen LogP contribution in [-0.4, -0.2) is 49.4 Å². The SMILES string of the molecule is CNC1CCN(S(=O)(=O)c2cc(C(N)=O)n(C)c2)C1.Cl. The highest BCUT2D eigenvalue weighted by molar-refractivity contribution is 7.89. The van der Waals surface area contributed by atoms with Crippen LogP contribution in [0.25, 0.3) is 0 Å². The summed E-state index contributed by atoms with van der Waals surface area (Å²) >= 11 is 0. The zero-order chi connectivity index (χ0) is 14.2. The quantitative estimate of drug-likeness (QED) is 0.783. The lowest BCUT2D eigenvalue weighted by Gasteiger charge is -2.15. The maximum Gasteiger partial charge on any atom is 0.265 e. The van der Waals surface area contributed by atoms with Gasteiger partial charge < -0.3 is 15.6 Å². The highest BCUT2D eigenvalue weighted by Crippen LogP contribution is 2.22. The summed E-state index contributed by atoms with van der Waals surface area (Å²) in [4.78, 5) is 11.3. The summed E-state index contributed by atoms with van der Waals surface area (Å²) in [6.45, 7) is 0.925. The van der Waals surface area contributed by atoms with Crippen LogP contribution in [0.15, 0.2) is 17.2 Å². The summed E-state index contributed by atoms with van der Waals surface area (Å²) in [5.41, 5.74) is 5.37. The number of sulfonamides is 1. The van der Waals surface area contributed by atoms with Crippen LogP contribution in [0.5, 0.6) is 0 Å². The minimum Gasteiger partial charge on any atom is -0.364 e. The van der Waals surface area contributed by atoms with E-state index in [9.17, 15) is 13.2 Å². The Morgan fingerprint density at radius 2 is 2.15 bits per heavy atom. The molecular formula is C11H19ClN4O3S. The maximum absolute atomic E-state index is 12.4. The van der Waals surface area contributed by atoms with Gasteiger partial charge in [0.05, 0.1) is 0 Å². The van der Waals surface area contributed by atoms with Crippen molar-refractivity contribution in [2.75, 3.05) is 20.1 Å². The van der Waals surface area contributed by atoms with Crippen molar-refractivity contribution in [1.82, 2.24) is 14.2 Å². The molecule has 0 aliphatic carbocycles. The largest absolute Gasteiger partial charge is 0.364 e. The van der Waals surface area contributed by atoms with Gasteiger partial charge in [-0.3, -0.25) is 4.79 Å². The Bertz CT molecular complexity index is 599. The zero-order valence-electron chi connectivity index (χ0n) is 11.4. The zero-order valence-corrected chi connectivity index (χ0v) is 13.0. The lowest BCUT2D eigenvalue weighted by molar-refractivity contribution is 0.0992. The molecule has 1 saturated heterocycles. The number of likely N-dealkylation sites (N-methyl/N-ethyl adjacent to an activating group) is 1. The van der Waals surface area contributed by atoms with Crippen molar-refractivity contribution in [2.45, 2.75) is 17.4 Å². The second kappa shape index (κ2) is 6.13. The minimum absolute atomic E-state index is 0. The van der Waals surface area contributed by atoms with Crippen LogP contribution in [0.1, 0.15) is 16.9 Å². The number of carbonyl (C=O) groups excluding carboxylic acids is 1. The predicted octanol–water partition coefficient (Wildman–Crippen LogP) is -0.472. The number of nitrogens with zero attached hydrogens (tertiary/aromatic N) is 2. The number of halogens is 1. The van der Waals surface area contributed by atoms with Crippen LogP contribution < -0.4 is 11.1 Å². The molecule has 114 valence electrons. The van der Waals surface area contributed by atoms with Crippen LogP contribution >= 0.6 is 12.4 Å². The molecule has 1 aliphatic heterocycles. The number of carbonyl (C=O) groups is 1. The molecule has 2 rings (SSSR count). The number of nitrogens with two attached hydrogens (primary N) is 1. The molecule has 0 aromatic carbocycles. The molecule has 0 radical (unpaired) electrons. The summed E-state index contributed by atoms with van der Waals surface area (Å²) in [7, 11) is -0.141. The van der Waals surface area contributed by atoms with Crippen molar-refractivity contribution in [3.63, 3.8) is 0 Å². The molecule has 1 aromatic heterocycles. The number of rotatable bonds is 4. The standard InChI is InChI=1S/C11H18N4O3S.ClH/c1-13-8-3-4-15(6-8)19(17,18)9-5-10(11(12)16)14(2)7-9;/h5,7-8,13H,3-4,6H2,1-2H3,(H2,12,16);1H. The second-order valence-electron chi connectivity index (χ2n) is 4.67. The Labute approximate surface area is 124 Å². The molecule has 9 heteroatoms. The van der Waals surface area contributed by atoms with E-state index in [0.717, 1.165) is 6.42 Å². The van der Waals surface area contributed by atoms with Gasteiger partial charge in [-0.15, -0.1) is 12.4 Å². The van der Waals surface area contributed by atoms with Gasteiger partial charge in [0, 0.05) is 32.4 Å². The van der Waals surface area contributed by atoms with Gasteiger partial charge in [-0.2, -0.15) is 4.31 Å². The van der Waals surface area contributed by atoms with E-state index in [-0.39, 0.29) is 29.0 Å². The molecule has 2 heterocycles. The van der Waals surface area contributed by atoms with Gasteiger partial charge in [-0.25, -0.2) is 8.42 Å². The Balaban J connectivity index is 0.00000200. The first-order valence-corrected chi connectivity index (χ1v) is 7.44. The average Bonchev–Trinajstić information content (AvgIpc) is 2.95. The summed E-state index contributed by atoms with van der Waals surface area (Å²) in [5, 5.41) is 3.07. The third-order valence-electron chi connectivity index (χ3n) is 3.43. The minimum atomic E-state index is -3.55. The number of primary amides is 1. The number of hydrogen-bond acceptors (Lipinski definition) is 4. The fraction of sp³-hybridized carbons (Fsp3) is 0.545. The van der Waals surface area contributed by atoms with E-state index in [1.807, 2.05) is 7.05 Å². The van der Waals surface area contributed by atoms with Gasteiger partial charge in [-0.1, -0.05) is 0 Å². The number of aromatic nitrogens is 1. The fourth-order valence-corrected chi connectivity index (χ4v) is 3.82. The van der Waals surface area contributed by atoms with E-state index in [1.165, 1.54) is 21.1 Å². The summed E-state index contributed by atoms with van der Waals surface area (Å²) in [6, 6.07) is 1.50. The van der Waals surface area contributed by atoms with E-state index in [4.69, 9.17) is 5.73 Å². The van der Waals surface area contributed by atoms with Crippen molar-refractivity contribution in [3.8, 4) is 0 Å². The van der Waals surface area contributed by atoms with Crippen LogP contribution in [-0.2, 0) is 17.1 Å². The van der Waals surface area contributed by atoms with E-state index in [1.54, 1.807) is 7.05 Å². The Morgan fingerprint density at radius 3 is 2.60 bits per heavy atom. The van der Waals surface area contributed by atoms with Crippen LogP contribution in [0.3, 0.4) is 0 Å². The van der Waals surface area contributed by atoms with Crippen molar-refractivity contribution in [2.24, 2.45) is 12.8 Å². The topological polar surface area (TPSA) is 97.4 Å². The molecule has 1 aromatic rings. The molecule has 1 atom stereocenters. The Hall–Kier alpha value is -1.09. The fourth-order valence-electron chi connectivity index (χ4n) is 2.25. The summed E-state index contributed by atoms with van der Waals surface area (Å²) in [6.07, 6.45) is 2.20. The van der Waals surface area contributed by atoms with Crippen LogP contribution in [0.2, 0.25) is 0 Å². The maximum atomic E-state index is 12.4. The third-order valence-corrected chi connectivity index (χ3v) is 5.26. The highest BCUT2D eigenvalue weighted by Gasteiger charge is 2.33. The highest BCUT2D eigenvalue weighted by atomic mass is 35.5. The lowest BCUT2D eigenvalue weighted by Crippen LogP contribution is -2.33. The van der Waals surface area contributed by atoms with Gasteiger partial charge >= 0.3 is 0 Å². The van der Waals surface area contributed by atoms with Gasteiger partial charge in [0.25, 0.3) is 5.91 Å². The second-order valence-corrected chi connectivity index (χ2v) is 6.61. The molecule has 1 amide bonds. The summed E-state index contributed by atoms with van der Waals surface area (Å²) in [5.74, 6) is -0.640. The molecule has 1 unspecified atom stereocenters. The van der Waals surface area contributed by atoms with E-state index in [2.05, 4.69) is 5.32 Å². The normalized spacial score (nSPS) is 19.8. The molecule has 0 bridgehead atoms. The van der Waals surface area contributed by atoms with Crippen LogP contribution in [0, 0.1) is 0 Å². The van der Waals surface area contributed by atoms with Gasteiger partial charge in [0.2, 0.25) is 10.0 Å². The number of hydrogen-bond donors (Lipinski definition) is 2. The third kappa shape index (κ3) is 2.98. The van der Waals surface area contributed by atoms with Crippen molar-refractivity contribution >= 4 is 28.3 Å². The van der Waals surface area contributed by atoms with Gasteiger partial charge in [0.1, 0.15) is 10.6 Å². The number of amides is 1. The molecule has 7 nitrogen and oxygen atoms in total. The lowest BCUT2D eigenvalue weighted by atomic mass is 10.3. The first-order valence-electron chi connectivity index (χ1n) is 6.00. The Morgan fingerprint density at radius 1 is 1.50 bits per heavy atom. The van der Waals surface area contributed by atoms with Gasteiger partial charge in [0.15, 0.2) is 0 Å².